The van der Waals surface area contributed by atoms with Gasteiger partial charge in [-0.3, -0.25) is 0 Å². The van der Waals surface area contributed by atoms with E-state index >= 15 is 0 Å². The maximum Gasteiger partial charge on any atom is 0.149 e. The van der Waals surface area contributed by atoms with Crippen LogP contribution in [-0.2, 0) is 16.4 Å². The van der Waals surface area contributed by atoms with Gasteiger partial charge in [-0.05, 0) is 11.6 Å². The second-order valence-corrected chi connectivity index (χ2v) is 7.36. The van der Waals surface area contributed by atoms with Crippen molar-refractivity contribution in [3.8, 4) is 0 Å². The second-order valence-electron chi connectivity index (χ2n) is 5.17. The first-order valence-corrected chi connectivity index (χ1v) is 8.81. The van der Waals surface area contributed by atoms with E-state index in [1.165, 1.54) is 12.1 Å². The molecule has 0 radical (unpaired) electrons. The molecule has 0 heterocycles. The first-order chi connectivity index (χ1) is 10.3. The molecule has 2 aromatic carbocycles. The molecule has 0 fully saturated rings. The fourth-order valence-electron chi connectivity index (χ4n) is 2.16. The molecule has 3 nitrogen and oxygen atoms in total. The fraction of sp³-hybridized carbons (Fsp3) is 0.250. The summed E-state index contributed by atoms with van der Waals surface area (Å²) >= 11 is 0. The molecule has 2 rings (SSSR count). The molecule has 1 atom stereocenters. The molecule has 0 aliphatic rings. The van der Waals surface area contributed by atoms with Crippen LogP contribution in [0.2, 0.25) is 0 Å². The molecule has 1 N–H and O–H groups in total. The molecular weight excluding hydrogens is 308 g/mol. The Morgan fingerprint density at radius 1 is 1.09 bits per heavy atom. The third-order valence-electron chi connectivity index (χ3n) is 3.23. The van der Waals surface area contributed by atoms with E-state index in [-0.39, 0.29) is 17.9 Å². The van der Waals surface area contributed by atoms with Crippen LogP contribution in [-0.4, -0.2) is 20.4 Å². The van der Waals surface area contributed by atoms with Gasteiger partial charge in [0.2, 0.25) is 0 Å². The first kappa shape index (κ1) is 16.6. The fourth-order valence-corrected chi connectivity index (χ4v) is 3.08. The summed E-state index contributed by atoms with van der Waals surface area (Å²) < 4.78 is 49.7. The normalized spacial score (nSPS) is 13.0. The van der Waals surface area contributed by atoms with Crippen molar-refractivity contribution in [1.82, 2.24) is 5.32 Å². The highest BCUT2D eigenvalue weighted by Gasteiger charge is 2.17. The molecule has 6 heteroatoms. The van der Waals surface area contributed by atoms with E-state index in [1.54, 1.807) is 0 Å². The number of benzene rings is 2. The molecule has 0 amide bonds. The standard InChI is InChI=1S/C16H17F2NO2S/c1-22(20,21)11-16(12-5-3-2-4-6-12)19-10-13-7-8-14(17)9-15(13)18/h2-9,16,19H,10-11H2,1H3/t16-/m1/s1. The monoisotopic (exact) mass is 325 g/mol. The van der Waals surface area contributed by atoms with Crippen LogP contribution in [0.3, 0.4) is 0 Å². The number of sulfone groups is 1. The molecule has 0 unspecified atom stereocenters. The molecule has 0 bridgehead atoms. The van der Waals surface area contributed by atoms with Gasteiger partial charge in [0.25, 0.3) is 0 Å². The number of hydrogen-bond donors (Lipinski definition) is 1. The van der Waals surface area contributed by atoms with Gasteiger partial charge in [-0.2, -0.15) is 0 Å². The molecule has 0 aliphatic heterocycles. The van der Waals surface area contributed by atoms with Gasteiger partial charge in [-0.1, -0.05) is 36.4 Å². The van der Waals surface area contributed by atoms with Crippen molar-refractivity contribution in [2.24, 2.45) is 0 Å². The van der Waals surface area contributed by atoms with E-state index in [1.807, 2.05) is 30.3 Å². The Kier molecular flexibility index (Phi) is 5.26. The third-order valence-corrected chi connectivity index (χ3v) is 4.16. The summed E-state index contributed by atoms with van der Waals surface area (Å²) in [7, 11) is -3.21. The first-order valence-electron chi connectivity index (χ1n) is 6.75. The van der Waals surface area contributed by atoms with Gasteiger partial charge in [-0.25, -0.2) is 17.2 Å². The van der Waals surface area contributed by atoms with E-state index < -0.39 is 27.5 Å². The van der Waals surface area contributed by atoms with Crippen molar-refractivity contribution in [1.29, 1.82) is 0 Å². The van der Waals surface area contributed by atoms with E-state index in [9.17, 15) is 17.2 Å². The molecule has 0 aromatic heterocycles. The van der Waals surface area contributed by atoms with Crippen LogP contribution in [0.4, 0.5) is 8.78 Å². The average molecular weight is 325 g/mol. The van der Waals surface area contributed by atoms with Crippen LogP contribution in [0.15, 0.2) is 48.5 Å². The Hall–Kier alpha value is -1.79. The van der Waals surface area contributed by atoms with Crippen LogP contribution in [0, 0.1) is 11.6 Å². The predicted molar refractivity (Wildman–Crippen MR) is 82.1 cm³/mol. The highest BCUT2D eigenvalue weighted by molar-refractivity contribution is 7.90. The molecule has 0 saturated heterocycles. The van der Waals surface area contributed by atoms with Crippen LogP contribution in [0.5, 0.6) is 0 Å². The van der Waals surface area contributed by atoms with Crippen molar-refractivity contribution in [3.63, 3.8) is 0 Å². The zero-order valence-electron chi connectivity index (χ0n) is 12.1. The Morgan fingerprint density at radius 2 is 1.77 bits per heavy atom. The van der Waals surface area contributed by atoms with Gasteiger partial charge in [0, 0.05) is 30.5 Å². The molecule has 2 aromatic rings. The quantitative estimate of drug-likeness (QED) is 0.888. The summed E-state index contributed by atoms with van der Waals surface area (Å²) in [6.07, 6.45) is 1.16. The minimum Gasteiger partial charge on any atom is -0.305 e. The van der Waals surface area contributed by atoms with E-state index in [2.05, 4.69) is 5.32 Å². The summed E-state index contributed by atoms with van der Waals surface area (Å²) in [5.74, 6) is -1.39. The van der Waals surface area contributed by atoms with Crippen molar-refractivity contribution in [2.75, 3.05) is 12.0 Å². The Bertz CT molecular complexity index is 733. The van der Waals surface area contributed by atoms with E-state index in [4.69, 9.17) is 0 Å². The molecule has 22 heavy (non-hydrogen) atoms. The van der Waals surface area contributed by atoms with Gasteiger partial charge in [0.15, 0.2) is 0 Å². The van der Waals surface area contributed by atoms with Crippen molar-refractivity contribution in [3.05, 3.63) is 71.3 Å². The predicted octanol–water partition coefficient (Wildman–Crippen LogP) is 2.84. The van der Waals surface area contributed by atoms with Crippen molar-refractivity contribution >= 4 is 9.84 Å². The molecule has 118 valence electrons. The Balaban J connectivity index is 2.16. The summed E-state index contributed by atoms with van der Waals surface area (Å²) in [6.45, 7) is 0.112. The minimum absolute atomic E-state index is 0.0974. The van der Waals surface area contributed by atoms with Crippen molar-refractivity contribution < 1.29 is 17.2 Å². The number of halogens is 2. The number of nitrogens with one attached hydrogen (secondary N) is 1. The average Bonchev–Trinajstić information content (AvgIpc) is 2.45. The van der Waals surface area contributed by atoms with Gasteiger partial charge in [0.1, 0.15) is 21.5 Å². The lowest BCUT2D eigenvalue weighted by Crippen LogP contribution is -2.27. The largest absolute Gasteiger partial charge is 0.305 e. The van der Waals surface area contributed by atoms with Crippen LogP contribution >= 0.6 is 0 Å². The Labute approximate surface area is 128 Å². The minimum atomic E-state index is -3.21. The highest BCUT2D eigenvalue weighted by Crippen LogP contribution is 2.17. The molecule has 0 saturated carbocycles. The lowest BCUT2D eigenvalue weighted by atomic mass is 10.1. The van der Waals surface area contributed by atoms with Crippen LogP contribution < -0.4 is 5.32 Å². The maximum atomic E-state index is 13.6. The van der Waals surface area contributed by atoms with Crippen molar-refractivity contribution in [2.45, 2.75) is 12.6 Å². The molecule has 0 spiro atoms. The zero-order valence-corrected chi connectivity index (χ0v) is 12.9. The summed E-state index contributed by atoms with van der Waals surface area (Å²) in [5.41, 5.74) is 1.09. The maximum absolute atomic E-state index is 13.6. The molecular formula is C16H17F2NO2S. The van der Waals surface area contributed by atoms with Crippen LogP contribution in [0.25, 0.3) is 0 Å². The van der Waals surface area contributed by atoms with Gasteiger partial charge in [0.05, 0.1) is 5.75 Å². The summed E-state index contributed by atoms with van der Waals surface area (Å²) in [6, 6.07) is 11.9. The SMILES string of the molecule is CS(=O)(=O)C[C@@H](NCc1ccc(F)cc1F)c1ccccc1. The number of rotatable bonds is 6. The summed E-state index contributed by atoms with van der Waals surface area (Å²) in [4.78, 5) is 0. The van der Waals surface area contributed by atoms with Crippen LogP contribution in [0.1, 0.15) is 17.2 Å². The lowest BCUT2D eigenvalue weighted by molar-refractivity contribution is 0.527. The lowest BCUT2D eigenvalue weighted by Gasteiger charge is -2.18. The summed E-state index contributed by atoms with van der Waals surface area (Å²) in [5, 5.41) is 3.03. The van der Waals surface area contributed by atoms with Gasteiger partial charge >= 0.3 is 0 Å². The van der Waals surface area contributed by atoms with E-state index in [0.717, 1.165) is 17.9 Å². The second kappa shape index (κ2) is 6.98. The van der Waals surface area contributed by atoms with Gasteiger partial charge in [-0.15, -0.1) is 0 Å². The van der Waals surface area contributed by atoms with E-state index in [0.29, 0.717) is 0 Å². The topological polar surface area (TPSA) is 46.2 Å². The third kappa shape index (κ3) is 4.89. The highest BCUT2D eigenvalue weighted by atomic mass is 32.2. The Morgan fingerprint density at radius 3 is 2.36 bits per heavy atom. The smallest absolute Gasteiger partial charge is 0.149 e. The number of hydrogen-bond acceptors (Lipinski definition) is 3. The van der Waals surface area contributed by atoms with Gasteiger partial charge < -0.3 is 5.32 Å². The zero-order chi connectivity index (χ0) is 16.2. The molecule has 0 aliphatic carbocycles.